The van der Waals surface area contributed by atoms with Crippen molar-refractivity contribution in [3.05, 3.63) is 157 Å². The second-order valence-corrected chi connectivity index (χ2v) is 13.4. The maximum absolute atomic E-state index is 9.65. The molecule has 0 atom stereocenters. The summed E-state index contributed by atoms with van der Waals surface area (Å²) in [5.41, 5.74) is -1.87. The SMILES string of the molecule is [2H]c1c([2H])c([2H])c(-c2c([2H])c([2H])c([2H])c(-c3nc(-c4cccc5c4sc4ccccc45)nc(-n4c5c([2H])c([2H])c([2H])c([2H])c5c5c6sc7c([2H])c([2H])c([2H])c([2H])c7c6c([2H])c([2H])c54)n3)c2[2H])c([2H])c1[2H]. The summed E-state index contributed by atoms with van der Waals surface area (Å²) in [5, 5.41) is 1.38. The van der Waals surface area contributed by atoms with E-state index in [4.69, 9.17) is 32.8 Å². The van der Waals surface area contributed by atoms with Crippen LogP contribution in [-0.4, -0.2) is 19.5 Å². The van der Waals surface area contributed by atoms with Crippen molar-refractivity contribution >= 4 is 84.8 Å². The summed E-state index contributed by atoms with van der Waals surface area (Å²) in [4.78, 5) is 14.4. The standard InChI is InChI=1S/C45H26N4S2/c1-2-12-27(13-3-1)28-14-10-15-29(26-28)43-46-44(35-20-11-19-32-30-16-5-8-22-38(30)50-41(32)35)48-45(47-43)49-36-21-7-4-18-34(36)40-37(49)25-24-33-31-17-6-9-23-39(31)51-42(33)40/h1-26H/i1D,2D,3D,4D,6D,7D,9D,10D,12D,13D,14D,15D,17D,18D,21D,23D,24D,25D,26D. The van der Waals surface area contributed by atoms with Crippen LogP contribution in [0.15, 0.2) is 157 Å². The van der Waals surface area contributed by atoms with Crippen LogP contribution in [-0.2, 0) is 0 Å². The fourth-order valence-corrected chi connectivity index (χ4v) is 8.68. The molecule has 0 aliphatic heterocycles. The minimum Gasteiger partial charge on any atom is -0.278 e. The third-order valence-electron chi connectivity index (χ3n) is 8.54. The maximum atomic E-state index is 9.65. The van der Waals surface area contributed by atoms with Gasteiger partial charge in [0.15, 0.2) is 11.6 Å². The van der Waals surface area contributed by atoms with Crippen molar-refractivity contribution in [1.29, 1.82) is 0 Å². The van der Waals surface area contributed by atoms with Crippen molar-refractivity contribution in [3.8, 4) is 39.9 Å². The van der Waals surface area contributed by atoms with Gasteiger partial charge in [-0.15, -0.1) is 22.7 Å². The van der Waals surface area contributed by atoms with E-state index in [1.165, 1.54) is 11.3 Å². The van der Waals surface area contributed by atoms with Gasteiger partial charge in [0.2, 0.25) is 5.95 Å². The molecule has 0 spiro atoms. The van der Waals surface area contributed by atoms with Crippen LogP contribution in [0.25, 0.3) is 102 Å². The number of fused-ring (bicyclic) bond motifs is 10. The minimum absolute atomic E-state index is 0.0241. The van der Waals surface area contributed by atoms with Crippen molar-refractivity contribution < 1.29 is 26.0 Å². The number of para-hydroxylation sites is 1. The Morgan fingerprint density at radius 3 is 2.16 bits per heavy atom. The van der Waals surface area contributed by atoms with Gasteiger partial charge < -0.3 is 0 Å². The molecule has 7 aromatic carbocycles. The van der Waals surface area contributed by atoms with Crippen molar-refractivity contribution in [2.45, 2.75) is 0 Å². The molecule has 4 aromatic heterocycles. The predicted octanol–water partition coefficient (Wildman–Crippen LogP) is 12.7. The Bertz CT molecular complexity index is 4230. The first kappa shape index (κ1) is 15.8. The molecular weight excluding hydrogens is 661 g/mol. The molecule has 0 amide bonds. The van der Waals surface area contributed by atoms with Gasteiger partial charge >= 0.3 is 0 Å². The Balaban J connectivity index is 1.35. The zero-order valence-electron chi connectivity index (χ0n) is 44.6. The highest BCUT2D eigenvalue weighted by molar-refractivity contribution is 7.27. The minimum atomic E-state index is -0.817. The van der Waals surface area contributed by atoms with E-state index in [9.17, 15) is 8.22 Å². The lowest BCUT2D eigenvalue weighted by Crippen LogP contribution is -2.06. The first-order chi connectivity index (χ1) is 33.2. The average Bonchev–Trinajstić information content (AvgIpc) is 4.05. The topological polar surface area (TPSA) is 43.6 Å². The van der Waals surface area contributed by atoms with E-state index in [0.29, 0.717) is 10.3 Å². The Morgan fingerprint density at radius 2 is 1.22 bits per heavy atom. The van der Waals surface area contributed by atoms with Crippen LogP contribution in [0.3, 0.4) is 0 Å². The summed E-state index contributed by atoms with van der Waals surface area (Å²) in [6.45, 7) is 0. The number of rotatable bonds is 4. The van der Waals surface area contributed by atoms with Gasteiger partial charge in [-0.3, -0.25) is 4.57 Å². The highest BCUT2D eigenvalue weighted by Gasteiger charge is 2.22. The van der Waals surface area contributed by atoms with Gasteiger partial charge in [-0.1, -0.05) is 121 Å². The van der Waals surface area contributed by atoms with Gasteiger partial charge in [0.05, 0.1) is 37.1 Å². The first-order valence-corrected chi connectivity index (χ1v) is 17.0. The van der Waals surface area contributed by atoms with E-state index >= 15 is 0 Å². The summed E-state index contributed by atoms with van der Waals surface area (Å²) >= 11 is 2.24. The van der Waals surface area contributed by atoms with Crippen LogP contribution in [0.5, 0.6) is 0 Å². The Labute approximate surface area is 327 Å². The lowest BCUT2D eigenvalue weighted by Gasteiger charge is -2.12. The number of benzene rings is 7. The Hall–Kier alpha value is -6.21. The second kappa shape index (κ2) is 11.2. The quantitative estimate of drug-likeness (QED) is 0.183. The second-order valence-electron chi connectivity index (χ2n) is 11.4. The molecule has 4 nitrogen and oxygen atoms in total. The molecule has 6 heteroatoms. The lowest BCUT2D eigenvalue weighted by atomic mass is 10.0. The van der Waals surface area contributed by atoms with Gasteiger partial charge in [-0.05, 0) is 47.4 Å². The van der Waals surface area contributed by atoms with Crippen molar-refractivity contribution in [2.24, 2.45) is 0 Å². The number of hydrogen-bond acceptors (Lipinski definition) is 5. The average molecular weight is 706 g/mol. The third kappa shape index (κ3) is 4.40. The van der Waals surface area contributed by atoms with E-state index in [-0.39, 0.29) is 47.8 Å². The molecular formula is C45H26N4S2. The zero-order chi connectivity index (χ0) is 50.0. The van der Waals surface area contributed by atoms with Gasteiger partial charge in [0.25, 0.3) is 0 Å². The summed E-state index contributed by atoms with van der Waals surface area (Å²) in [6, 6.07) is 0.203. The molecule has 0 unspecified atom stereocenters. The van der Waals surface area contributed by atoms with E-state index in [0.717, 1.165) is 31.4 Å². The highest BCUT2D eigenvalue weighted by atomic mass is 32.1. The largest absolute Gasteiger partial charge is 0.278 e. The molecule has 0 saturated carbocycles. The normalized spacial score (nSPS) is 17.1. The van der Waals surface area contributed by atoms with Crippen molar-refractivity contribution in [2.75, 3.05) is 0 Å². The first-order valence-electron chi connectivity index (χ1n) is 24.9. The van der Waals surface area contributed by atoms with E-state index in [1.54, 1.807) is 12.1 Å². The molecule has 0 aliphatic carbocycles. The van der Waals surface area contributed by atoms with Crippen LogP contribution in [0.2, 0.25) is 0 Å². The number of hydrogen-bond donors (Lipinski definition) is 0. The zero-order valence-corrected chi connectivity index (χ0v) is 27.3. The van der Waals surface area contributed by atoms with E-state index in [1.807, 2.05) is 30.3 Å². The van der Waals surface area contributed by atoms with Crippen LogP contribution in [0.4, 0.5) is 0 Å². The lowest BCUT2D eigenvalue weighted by molar-refractivity contribution is 0.955. The molecule has 0 saturated heterocycles. The summed E-state index contributed by atoms with van der Waals surface area (Å²) in [6.07, 6.45) is 0. The molecule has 11 rings (SSSR count). The van der Waals surface area contributed by atoms with Gasteiger partial charge in [0.1, 0.15) is 0 Å². The highest BCUT2D eigenvalue weighted by Crippen LogP contribution is 2.44. The van der Waals surface area contributed by atoms with E-state index < -0.39 is 143 Å². The van der Waals surface area contributed by atoms with Crippen LogP contribution in [0.1, 0.15) is 26.0 Å². The van der Waals surface area contributed by atoms with Crippen LogP contribution < -0.4 is 0 Å². The van der Waals surface area contributed by atoms with Crippen LogP contribution in [0, 0.1) is 0 Å². The van der Waals surface area contributed by atoms with E-state index in [2.05, 4.69) is 0 Å². The van der Waals surface area contributed by atoms with Gasteiger partial charge in [-0.2, -0.15) is 9.97 Å². The fourth-order valence-electron chi connectivity index (χ4n) is 6.35. The Morgan fingerprint density at radius 1 is 0.471 bits per heavy atom. The third-order valence-corrected chi connectivity index (χ3v) is 10.9. The van der Waals surface area contributed by atoms with Crippen LogP contribution >= 0.6 is 22.7 Å². The van der Waals surface area contributed by atoms with Gasteiger partial charge in [-0.25, -0.2) is 4.98 Å². The summed E-state index contributed by atoms with van der Waals surface area (Å²) in [5.74, 6) is -1.12. The molecule has 0 fully saturated rings. The molecule has 51 heavy (non-hydrogen) atoms. The molecule has 0 N–H and O–H groups in total. The van der Waals surface area contributed by atoms with Gasteiger partial charge in [0, 0.05) is 62.2 Å². The maximum Gasteiger partial charge on any atom is 0.238 e. The molecule has 11 aromatic rings. The predicted molar refractivity (Wildman–Crippen MR) is 216 cm³/mol. The Kier molecular flexibility index (Phi) is 3.45. The smallest absolute Gasteiger partial charge is 0.238 e. The molecule has 0 radical (unpaired) electrons. The van der Waals surface area contributed by atoms with Crippen molar-refractivity contribution in [1.82, 2.24) is 19.5 Å². The molecule has 0 bridgehead atoms. The monoisotopic (exact) mass is 705 g/mol. The molecule has 0 aliphatic rings. The number of aromatic nitrogens is 4. The van der Waals surface area contributed by atoms with Crippen molar-refractivity contribution in [3.63, 3.8) is 0 Å². The summed E-state index contributed by atoms with van der Waals surface area (Å²) < 4.78 is 172. The molecule has 238 valence electrons. The summed E-state index contributed by atoms with van der Waals surface area (Å²) in [7, 11) is 0. The number of nitrogens with zero attached hydrogens (tertiary/aromatic N) is 4. The number of thiophene rings is 2. The fraction of sp³-hybridized carbons (Fsp3) is 0. The molecule has 4 heterocycles.